The molecule has 2 N–H and O–H groups in total. The number of benzene rings is 1. The summed E-state index contributed by atoms with van der Waals surface area (Å²) < 4.78 is 5.83. The summed E-state index contributed by atoms with van der Waals surface area (Å²) in [6.07, 6.45) is 0. The Morgan fingerprint density at radius 2 is 1.55 bits per heavy atom. The van der Waals surface area contributed by atoms with Crippen molar-refractivity contribution in [3.8, 4) is 0 Å². The van der Waals surface area contributed by atoms with Crippen molar-refractivity contribution in [1.29, 1.82) is 0 Å². The van der Waals surface area contributed by atoms with Crippen molar-refractivity contribution in [2.75, 3.05) is 0 Å². The van der Waals surface area contributed by atoms with Crippen LogP contribution in [0, 0.1) is 5.41 Å². The second kappa shape index (κ2) is 5.51. The van der Waals surface area contributed by atoms with E-state index >= 15 is 0 Å². The first-order chi connectivity index (χ1) is 8.84. The molecule has 1 rings (SSSR count). The van der Waals surface area contributed by atoms with Crippen LogP contribution in [0.1, 0.15) is 54.0 Å². The highest BCUT2D eigenvalue weighted by molar-refractivity contribution is 6.60. The van der Waals surface area contributed by atoms with Gasteiger partial charge in [-0.2, -0.15) is 0 Å². The highest BCUT2D eigenvalue weighted by Gasteiger charge is 2.37. The minimum Gasteiger partial charge on any atom is -0.423 e. The normalized spacial score (nSPS) is 13.4. The molecule has 3 nitrogen and oxygen atoms in total. The van der Waals surface area contributed by atoms with Crippen LogP contribution in [0.5, 0.6) is 0 Å². The SMILES string of the molecule is CC(C)(O)c1cccc(B(O)OC(C)(C)C(C)(C)C)c1. The smallest absolute Gasteiger partial charge is 0.423 e. The summed E-state index contributed by atoms with van der Waals surface area (Å²) >= 11 is 0. The molecule has 0 bridgehead atoms. The molecule has 0 saturated heterocycles. The molecule has 0 aliphatic heterocycles. The molecule has 0 atom stereocenters. The van der Waals surface area contributed by atoms with Gasteiger partial charge in [-0.25, -0.2) is 0 Å². The van der Waals surface area contributed by atoms with Gasteiger partial charge in [0.25, 0.3) is 0 Å². The van der Waals surface area contributed by atoms with E-state index in [2.05, 4.69) is 20.8 Å². The van der Waals surface area contributed by atoms with Crippen LogP contribution >= 0.6 is 0 Å². The summed E-state index contributed by atoms with van der Waals surface area (Å²) in [4.78, 5) is 0. The summed E-state index contributed by atoms with van der Waals surface area (Å²) in [5, 5.41) is 20.3. The summed E-state index contributed by atoms with van der Waals surface area (Å²) in [7, 11) is -1.01. The van der Waals surface area contributed by atoms with E-state index in [0.717, 1.165) is 5.56 Å². The van der Waals surface area contributed by atoms with Crippen molar-refractivity contribution < 1.29 is 14.8 Å². The zero-order valence-electron chi connectivity index (χ0n) is 13.7. The molecule has 0 saturated carbocycles. The fourth-order valence-corrected chi connectivity index (χ4v) is 1.60. The molecular weight excluding hydrogens is 251 g/mol. The Balaban J connectivity index is 2.97. The molecule has 0 aromatic heterocycles. The van der Waals surface area contributed by atoms with Crippen LogP contribution in [0.15, 0.2) is 24.3 Å². The minimum atomic E-state index is -1.01. The highest BCUT2D eigenvalue weighted by atomic mass is 16.5. The molecule has 0 radical (unpaired) electrons. The lowest BCUT2D eigenvalue weighted by Crippen LogP contribution is -2.48. The van der Waals surface area contributed by atoms with Gasteiger partial charge in [0.05, 0.1) is 11.2 Å². The third-order valence-corrected chi connectivity index (χ3v) is 4.09. The summed E-state index contributed by atoms with van der Waals surface area (Å²) in [5.74, 6) is 0. The molecule has 0 amide bonds. The highest BCUT2D eigenvalue weighted by Crippen LogP contribution is 2.33. The van der Waals surface area contributed by atoms with Crippen LogP contribution in [-0.2, 0) is 10.3 Å². The second-order valence-electron chi connectivity index (χ2n) is 7.42. The van der Waals surface area contributed by atoms with Crippen LogP contribution < -0.4 is 5.46 Å². The largest absolute Gasteiger partial charge is 0.491 e. The lowest BCUT2D eigenvalue weighted by atomic mass is 9.72. The Morgan fingerprint density at radius 1 is 1.00 bits per heavy atom. The van der Waals surface area contributed by atoms with E-state index in [9.17, 15) is 10.1 Å². The molecule has 0 heterocycles. The van der Waals surface area contributed by atoms with Crippen LogP contribution in [-0.4, -0.2) is 22.8 Å². The van der Waals surface area contributed by atoms with Gasteiger partial charge in [-0.1, -0.05) is 45.0 Å². The molecular formula is C16H27BO3. The van der Waals surface area contributed by atoms with Crippen molar-refractivity contribution >= 4 is 12.6 Å². The monoisotopic (exact) mass is 278 g/mol. The maximum Gasteiger partial charge on any atom is 0.491 e. The lowest BCUT2D eigenvalue weighted by Gasteiger charge is -2.40. The average Bonchev–Trinajstić information content (AvgIpc) is 2.26. The molecule has 1 aromatic carbocycles. The number of rotatable bonds is 4. The summed E-state index contributed by atoms with van der Waals surface area (Å²) in [5.41, 5.74) is -0.0953. The lowest BCUT2D eigenvalue weighted by molar-refractivity contribution is -0.0129. The summed E-state index contributed by atoms with van der Waals surface area (Å²) in [6.45, 7) is 13.6. The van der Waals surface area contributed by atoms with Crippen LogP contribution in [0.25, 0.3) is 0 Å². The second-order valence-corrected chi connectivity index (χ2v) is 7.42. The molecule has 112 valence electrons. The topological polar surface area (TPSA) is 49.7 Å². The molecule has 0 spiro atoms. The van der Waals surface area contributed by atoms with E-state index in [1.807, 2.05) is 26.0 Å². The quantitative estimate of drug-likeness (QED) is 0.832. The Morgan fingerprint density at radius 3 is 2.00 bits per heavy atom. The van der Waals surface area contributed by atoms with Gasteiger partial charge in [-0.3, -0.25) is 0 Å². The first kappa shape index (κ1) is 17.2. The average molecular weight is 278 g/mol. The fourth-order valence-electron chi connectivity index (χ4n) is 1.60. The van der Waals surface area contributed by atoms with Crippen molar-refractivity contribution in [1.82, 2.24) is 0 Å². The Kier molecular flexibility index (Phi) is 4.74. The van der Waals surface area contributed by atoms with Gasteiger partial charge in [0.15, 0.2) is 0 Å². The van der Waals surface area contributed by atoms with Gasteiger partial charge >= 0.3 is 7.12 Å². The zero-order valence-corrected chi connectivity index (χ0v) is 13.7. The van der Waals surface area contributed by atoms with Gasteiger partial charge in [0, 0.05) is 0 Å². The van der Waals surface area contributed by atoms with Crippen molar-refractivity contribution in [2.45, 2.75) is 59.7 Å². The molecule has 4 heteroatoms. The van der Waals surface area contributed by atoms with Crippen molar-refractivity contribution in [3.05, 3.63) is 29.8 Å². The number of aliphatic hydroxyl groups is 1. The first-order valence-corrected chi connectivity index (χ1v) is 7.03. The fraction of sp³-hybridized carbons (Fsp3) is 0.625. The van der Waals surface area contributed by atoms with Crippen molar-refractivity contribution in [3.63, 3.8) is 0 Å². The predicted octanol–water partition coefficient (Wildman–Crippen LogP) is 2.44. The standard InChI is InChI=1S/C16H27BO3/c1-14(2,3)16(6,7)20-17(19)13-10-8-9-12(11-13)15(4,5)18/h8-11,18-19H,1-7H3. The maximum atomic E-state index is 10.3. The third kappa shape index (κ3) is 4.08. The van der Waals surface area contributed by atoms with E-state index < -0.39 is 18.3 Å². The zero-order chi connectivity index (χ0) is 15.8. The Hall–Kier alpha value is -0.835. The van der Waals surface area contributed by atoms with Crippen LogP contribution in [0.2, 0.25) is 0 Å². The minimum absolute atomic E-state index is 0.0954. The first-order valence-electron chi connectivity index (χ1n) is 7.03. The van der Waals surface area contributed by atoms with Crippen LogP contribution in [0.4, 0.5) is 0 Å². The van der Waals surface area contributed by atoms with Gasteiger partial charge in [0.1, 0.15) is 0 Å². The Bertz CT molecular complexity index is 456. The maximum absolute atomic E-state index is 10.3. The van der Waals surface area contributed by atoms with Crippen LogP contribution in [0.3, 0.4) is 0 Å². The molecule has 0 unspecified atom stereocenters. The van der Waals surface area contributed by atoms with E-state index in [4.69, 9.17) is 4.65 Å². The van der Waals surface area contributed by atoms with Gasteiger partial charge in [-0.05, 0) is 44.1 Å². The third-order valence-electron chi connectivity index (χ3n) is 4.09. The molecule has 0 aliphatic carbocycles. The Labute approximate surface area is 123 Å². The molecule has 0 fully saturated rings. The summed E-state index contributed by atoms with van der Waals surface area (Å²) in [6, 6.07) is 7.24. The number of hydrogen-bond donors (Lipinski definition) is 2. The van der Waals surface area contributed by atoms with E-state index in [-0.39, 0.29) is 5.41 Å². The van der Waals surface area contributed by atoms with Gasteiger partial charge in [0.2, 0.25) is 0 Å². The molecule has 20 heavy (non-hydrogen) atoms. The number of hydrogen-bond acceptors (Lipinski definition) is 3. The molecule has 0 aliphatic rings. The van der Waals surface area contributed by atoms with Gasteiger partial charge < -0.3 is 14.8 Å². The van der Waals surface area contributed by atoms with E-state index in [0.29, 0.717) is 5.46 Å². The van der Waals surface area contributed by atoms with E-state index in [1.54, 1.807) is 26.0 Å². The van der Waals surface area contributed by atoms with Crippen molar-refractivity contribution in [2.24, 2.45) is 5.41 Å². The molecule has 1 aromatic rings. The van der Waals surface area contributed by atoms with E-state index in [1.165, 1.54) is 0 Å². The predicted molar refractivity (Wildman–Crippen MR) is 83.9 cm³/mol. The van der Waals surface area contributed by atoms with Gasteiger partial charge in [-0.15, -0.1) is 0 Å².